The zero-order valence-corrected chi connectivity index (χ0v) is 31.3. The van der Waals surface area contributed by atoms with Crippen molar-refractivity contribution in [3.63, 3.8) is 0 Å². The summed E-state index contributed by atoms with van der Waals surface area (Å²) in [5.41, 5.74) is 0. The van der Waals surface area contributed by atoms with Gasteiger partial charge < -0.3 is 39.4 Å². The van der Waals surface area contributed by atoms with Gasteiger partial charge in [-0.2, -0.15) is 0 Å². The number of rotatable bonds is 30. The molecule has 6 unspecified atom stereocenters. The van der Waals surface area contributed by atoms with Crippen LogP contribution in [0.2, 0.25) is 0 Å². The molecule has 0 radical (unpaired) electrons. The maximum atomic E-state index is 12.7. The Morgan fingerprint density at radius 1 is 0.627 bits per heavy atom. The smallest absolute Gasteiger partial charge is 0.306 e. The van der Waals surface area contributed by atoms with E-state index in [1.165, 1.54) is 12.8 Å². The standard InChI is InChI=1S/C41H68O10/c1-3-5-7-9-11-13-15-16-17-18-20-22-24-26-28-30-37(44)50-34(33-49-41-40(47)39(46)38(45)35(31-42)51-41)32-48-36(43)29-27-25-23-21-19-14-12-10-8-6-4-2/h5,7,10-13,16-17,20,22,34-35,38-42,45-47H,3-4,6,8-9,14-15,18-19,21,23-33H2,1-2H3/b7-5-,12-10-,13-11-,17-16-,22-20-. The van der Waals surface area contributed by atoms with Crippen LogP contribution in [0.25, 0.3) is 0 Å². The van der Waals surface area contributed by atoms with Gasteiger partial charge in [0, 0.05) is 12.8 Å². The highest BCUT2D eigenvalue weighted by molar-refractivity contribution is 5.70. The number of carbonyl (C=O) groups excluding carboxylic acids is 2. The molecule has 1 rings (SSSR count). The second kappa shape index (κ2) is 32.1. The highest BCUT2D eigenvalue weighted by Crippen LogP contribution is 2.22. The Morgan fingerprint density at radius 2 is 1.16 bits per heavy atom. The molecule has 1 aliphatic heterocycles. The zero-order chi connectivity index (χ0) is 37.4. The van der Waals surface area contributed by atoms with Crippen LogP contribution in [0.4, 0.5) is 0 Å². The molecule has 0 spiro atoms. The topological polar surface area (TPSA) is 152 Å². The van der Waals surface area contributed by atoms with Gasteiger partial charge in [0.2, 0.25) is 0 Å². The third-order valence-electron chi connectivity index (χ3n) is 8.39. The van der Waals surface area contributed by atoms with E-state index in [2.05, 4.69) is 74.6 Å². The Labute approximate surface area is 307 Å². The maximum absolute atomic E-state index is 12.7. The highest BCUT2D eigenvalue weighted by Gasteiger charge is 2.44. The van der Waals surface area contributed by atoms with E-state index in [4.69, 9.17) is 18.9 Å². The van der Waals surface area contributed by atoms with Crippen LogP contribution in [-0.4, -0.2) is 89.0 Å². The fraction of sp³-hybridized carbons (Fsp3) is 0.707. The van der Waals surface area contributed by atoms with E-state index in [0.717, 1.165) is 77.0 Å². The Bertz CT molecular complexity index is 1020. The molecule has 0 aromatic rings. The Kier molecular flexibility index (Phi) is 29.2. The van der Waals surface area contributed by atoms with Crippen LogP contribution in [-0.2, 0) is 28.5 Å². The summed E-state index contributed by atoms with van der Waals surface area (Å²) in [4.78, 5) is 25.1. The fourth-order valence-corrected chi connectivity index (χ4v) is 5.27. The van der Waals surface area contributed by atoms with Crippen molar-refractivity contribution in [1.82, 2.24) is 0 Å². The Morgan fingerprint density at radius 3 is 1.80 bits per heavy atom. The lowest BCUT2D eigenvalue weighted by molar-refractivity contribution is -0.305. The minimum Gasteiger partial charge on any atom is -0.462 e. The molecule has 0 amide bonds. The molecule has 51 heavy (non-hydrogen) atoms. The second-order valence-electron chi connectivity index (χ2n) is 13.0. The molecule has 0 aromatic carbocycles. The number of unbranched alkanes of at least 4 members (excludes halogenated alkanes) is 9. The van der Waals surface area contributed by atoms with Crippen molar-refractivity contribution in [3.05, 3.63) is 60.8 Å². The highest BCUT2D eigenvalue weighted by atomic mass is 16.7. The third-order valence-corrected chi connectivity index (χ3v) is 8.39. The first-order valence-corrected chi connectivity index (χ1v) is 19.4. The van der Waals surface area contributed by atoms with E-state index in [9.17, 15) is 30.0 Å². The van der Waals surface area contributed by atoms with E-state index in [-0.39, 0.29) is 26.1 Å². The van der Waals surface area contributed by atoms with E-state index in [0.29, 0.717) is 12.8 Å². The lowest BCUT2D eigenvalue weighted by atomic mass is 9.99. The quantitative estimate of drug-likeness (QED) is 0.0344. The molecule has 292 valence electrons. The van der Waals surface area contributed by atoms with Crippen LogP contribution >= 0.6 is 0 Å². The molecule has 6 atom stereocenters. The minimum atomic E-state index is -1.60. The van der Waals surface area contributed by atoms with Gasteiger partial charge >= 0.3 is 11.9 Å². The lowest BCUT2D eigenvalue weighted by Crippen LogP contribution is -2.59. The average molecular weight is 721 g/mol. The first kappa shape index (κ1) is 46.4. The summed E-state index contributed by atoms with van der Waals surface area (Å²) in [5, 5.41) is 39.9. The lowest BCUT2D eigenvalue weighted by Gasteiger charge is -2.39. The van der Waals surface area contributed by atoms with Crippen molar-refractivity contribution in [2.24, 2.45) is 0 Å². The summed E-state index contributed by atoms with van der Waals surface area (Å²) in [5.74, 6) is -0.875. The SMILES string of the molecule is CC/C=C\C/C=C\C/C=C\C/C=C\CCCCC(=O)OC(COC(=O)CCCCCCC/C=C\CCCC)COC1OC(CO)C(O)C(O)C1O. The predicted octanol–water partition coefficient (Wildman–Crippen LogP) is 7.10. The number of hydrogen-bond donors (Lipinski definition) is 4. The minimum absolute atomic E-state index is 0.173. The number of hydrogen-bond acceptors (Lipinski definition) is 10. The van der Waals surface area contributed by atoms with Crippen molar-refractivity contribution in [2.45, 2.75) is 166 Å². The number of ether oxygens (including phenoxy) is 4. The van der Waals surface area contributed by atoms with Gasteiger partial charge in [0.15, 0.2) is 12.4 Å². The summed E-state index contributed by atoms with van der Waals surface area (Å²) in [6.07, 6.45) is 29.5. The maximum Gasteiger partial charge on any atom is 0.306 e. The predicted molar refractivity (Wildman–Crippen MR) is 201 cm³/mol. The number of aliphatic hydroxyl groups excluding tert-OH is 4. The number of allylic oxidation sites excluding steroid dienone is 10. The zero-order valence-electron chi connectivity index (χ0n) is 31.3. The molecule has 1 fully saturated rings. The summed E-state index contributed by atoms with van der Waals surface area (Å²) < 4.78 is 22.0. The molecule has 0 bridgehead atoms. The first-order valence-electron chi connectivity index (χ1n) is 19.4. The number of aliphatic hydroxyl groups is 4. The molecule has 10 nitrogen and oxygen atoms in total. The van der Waals surface area contributed by atoms with E-state index in [1.54, 1.807) is 0 Å². The van der Waals surface area contributed by atoms with E-state index in [1.807, 2.05) is 0 Å². The summed E-state index contributed by atoms with van der Waals surface area (Å²) in [7, 11) is 0. The molecule has 0 aliphatic carbocycles. The van der Waals surface area contributed by atoms with Gasteiger partial charge in [0.1, 0.15) is 31.0 Å². The van der Waals surface area contributed by atoms with Crippen LogP contribution in [0, 0.1) is 0 Å². The van der Waals surface area contributed by atoms with Crippen LogP contribution in [0.15, 0.2) is 60.8 Å². The fourth-order valence-electron chi connectivity index (χ4n) is 5.27. The van der Waals surface area contributed by atoms with Gasteiger partial charge in [-0.1, -0.05) is 107 Å². The van der Waals surface area contributed by atoms with Crippen molar-refractivity contribution in [1.29, 1.82) is 0 Å². The summed E-state index contributed by atoms with van der Waals surface area (Å²) in [6, 6.07) is 0. The van der Waals surface area contributed by atoms with Crippen LogP contribution in [0.5, 0.6) is 0 Å². The van der Waals surface area contributed by atoms with Gasteiger partial charge in [0.05, 0.1) is 13.2 Å². The van der Waals surface area contributed by atoms with Gasteiger partial charge in [-0.15, -0.1) is 0 Å². The van der Waals surface area contributed by atoms with E-state index < -0.39 is 55.4 Å². The van der Waals surface area contributed by atoms with Crippen LogP contribution in [0.3, 0.4) is 0 Å². The molecule has 1 heterocycles. The monoisotopic (exact) mass is 720 g/mol. The molecule has 0 saturated carbocycles. The second-order valence-corrected chi connectivity index (χ2v) is 13.0. The van der Waals surface area contributed by atoms with Gasteiger partial charge in [-0.05, 0) is 70.6 Å². The van der Waals surface area contributed by atoms with Crippen molar-refractivity contribution in [2.75, 3.05) is 19.8 Å². The number of esters is 2. The normalized spacial score (nSPS) is 21.9. The Balaban J connectivity index is 2.45. The molecule has 1 aliphatic rings. The summed E-state index contributed by atoms with van der Waals surface area (Å²) in [6.45, 7) is 3.18. The third kappa shape index (κ3) is 24.3. The molecular formula is C41H68O10. The van der Waals surface area contributed by atoms with Crippen LogP contribution in [0.1, 0.15) is 129 Å². The van der Waals surface area contributed by atoms with Gasteiger partial charge in [-0.3, -0.25) is 9.59 Å². The number of carbonyl (C=O) groups is 2. The first-order chi connectivity index (χ1) is 24.8. The van der Waals surface area contributed by atoms with Crippen molar-refractivity contribution < 1.29 is 49.0 Å². The average Bonchev–Trinajstić information content (AvgIpc) is 3.13. The molecular weight excluding hydrogens is 652 g/mol. The van der Waals surface area contributed by atoms with Crippen LogP contribution < -0.4 is 0 Å². The molecule has 10 heteroatoms. The largest absolute Gasteiger partial charge is 0.462 e. The van der Waals surface area contributed by atoms with E-state index >= 15 is 0 Å². The molecule has 0 aromatic heterocycles. The summed E-state index contributed by atoms with van der Waals surface area (Å²) >= 11 is 0. The Hall–Kier alpha value is -2.60. The molecule has 4 N–H and O–H groups in total. The van der Waals surface area contributed by atoms with Gasteiger partial charge in [0.25, 0.3) is 0 Å². The van der Waals surface area contributed by atoms with Crippen molar-refractivity contribution >= 4 is 11.9 Å². The van der Waals surface area contributed by atoms with Crippen molar-refractivity contribution in [3.8, 4) is 0 Å². The van der Waals surface area contributed by atoms with Gasteiger partial charge in [-0.25, -0.2) is 0 Å². The molecule has 1 saturated heterocycles.